The number of allylic oxidation sites excluding steroid dienone is 2. The summed E-state index contributed by atoms with van der Waals surface area (Å²) in [6.45, 7) is 1.64. The number of nitro groups is 1. The molecule has 1 amide bonds. The number of hydrogen-bond donors (Lipinski definition) is 1. The number of non-ortho nitro benzene ring substituents is 1. The number of benzene rings is 2. The molecule has 29 heavy (non-hydrogen) atoms. The summed E-state index contributed by atoms with van der Waals surface area (Å²) in [5.74, 6) is 0.675. The summed E-state index contributed by atoms with van der Waals surface area (Å²) in [6, 6.07) is 12.8. The van der Waals surface area contributed by atoms with Crippen LogP contribution in [0.15, 0.2) is 54.6 Å². The maximum absolute atomic E-state index is 13.2. The third kappa shape index (κ3) is 2.99. The lowest BCUT2D eigenvalue weighted by Crippen LogP contribution is -2.33. The molecule has 5 rings (SSSR count). The van der Waals surface area contributed by atoms with E-state index in [4.69, 9.17) is 0 Å². The largest absolute Gasteiger partial charge is 0.377 e. The van der Waals surface area contributed by atoms with Gasteiger partial charge in [-0.2, -0.15) is 0 Å². The number of anilines is 1. The van der Waals surface area contributed by atoms with Crippen molar-refractivity contribution >= 4 is 17.3 Å². The van der Waals surface area contributed by atoms with Gasteiger partial charge in [-0.25, -0.2) is 0 Å². The Balaban J connectivity index is 1.54. The predicted molar refractivity (Wildman–Crippen MR) is 111 cm³/mol. The predicted octanol–water partition coefficient (Wildman–Crippen LogP) is 4.66. The van der Waals surface area contributed by atoms with E-state index in [1.165, 1.54) is 5.56 Å². The van der Waals surface area contributed by atoms with Crippen molar-refractivity contribution in [1.82, 2.24) is 4.90 Å². The summed E-state index contributed by atoms with van der Waals surface area (Å²) in [5, 5.41) is 14.7. The zero-order chi connectivity index (χ0) is 20.0. The van der Waals surface area contributed by atoms with Gasteiger partial charge >= 0.3 is 0 Å². The Morgan fingerprint density at radius 1 is 1.10 bits per heavy atom. The number of nitro benzene ring substituents is 1. The quantitative estimate of drug-likeness (QED) is 0.471. The van der Waals surface area contributed by atoms with Gasteiger partial charge in [-0.3, -0.25) is 14.9 Å². The molecule has 3 atom stereocenters. The van der Waals surface area contributed by atoms with Crippen molar-refractivity contribution < 1.29 is 9.72 Å². The number of para-hydroxylation sites is 1. The molecule has 1 aliphatic carbocycles. The van der Waals surface area contributed by atoms with Gasteiger partial charge in [-0.1, -0.05) is 36.4 Å². The highest BCUT2D eigenvalue weighted by atomic mass is 16.6. The number of likely N-dealkylation sites (tertiary alicyclic amines) is 1. The number of rotatable bonds is 3. The molecule has 1 fully saturated rings. The minimum atomic E-state index is -0.375. The normalized spacial score (nSPS) is 24.7. The third-order valence-corrected chi connectivity index (χ3v) is 6.48. The molecule has 3 aliphatic rings. The molecule has 0 spiro atoms. The van der Waals surface area contributed by atoms with E-state index in [0.29, 0.717) is 5.92 Å². The molecule has 0 aromatic heterocycles. The van der Waals surface area contributed by atoms with Crippen LogP contribution < -0.4 is 5.32 Å². The second kappa shape index (κ2) is 7.03. The van der Waals surface area contributed by atoms with E-state index in [0.717, 1.165) is 49.2 Å². The van der Waals surface area contributed by atoms with Gasteiger partial charge in [0.1, 0.15) is 0 Å². The average Bonchev–Trinajstić information content (AvgIpc) is 3.44. The number of amides is 1. The maximum atomic E-state index is 13.2. The molecule has 1 N–H and O–H groups in total. The SMILES string of the molecule is O=C(c1cccc2c1N[C@@H](c1ccc([N+](=O)[O-])cc1)[C@@H]1CC=C[C@H]21)N1CCCC1. The second-order valence-corrected chi connectivity index (χ2v) is 8.09. The van der Waals surface area contributed by atoms with Crippen molar-refractivity contribution in [3.05, 3.63) is 81.4 Å². The van der Waals surface area contributed by atoms with Crippen LogP contribution in [0.5, 0.6) is 0 Å². The Bertz CT molecular complexity index is 993. The summed E-state index contributed by atoms with van der Waals surface area (Å²) in [5.41, 5.74) is 3.93. The summed E-state index contributed by atoms with van der Waals surface area (Å²) >= 11 is 0. The fourth-order valence-electron chi connectivity index (χ4n) is 5.02. The number of nitrogens with zero attached hydrogens (tertiary/aromatic N) is 2. The third-order valence-electron chi connectivity index (χ3n) is 6.48. The molecule has 6 nitrogen and oxygen atoms in total. The monoisotopic (exact) mass is 389 g/mol. The first kappa shape index (κ1) is 17.9. The van der Waals surface area contributed by atoms with Crippen molar-refractivity contribution in [3.63, 3.8) is 0 Å². The lowest BCUT2D eigenvalue weighted by Gasteiger charge is -2.38. The number of carbonyl (C=O) groups excluding carboxylic acids is 1. The highest BCUT2D eigenvalue weighted by molar-refractivity contribution is 6.01. The Morgan fingerprint density at radius 3 is 2.59 bits per heavy atom. The van der Waals surface area contributed by atoms with E-state index in [-0.39, 0.29) is 28.5 Å². The van der Waals surface area contributed by atoms with Crippen LogP contribution in [0.3, 0.4) is 0 Å². The number of nitrogens with one attached hydrogen (secondary N) is 1. The zero-order valence-electron chi connectivity index (χ0n) is 16.1. The van der Waals surface area contributed by atoms with Crippen LogP contribution in [0.25, 0.3) is 0 Å². The van der Waals surface area contributed by atoms with Crippen molar-refractivity contribution in [2.75, 3.05) is 18.4 Å². The highest BCUT2D eigenvalue weighted by Crippen LogP contribution is 2.50. The molecule has 2 aromatic carbocycles. The fourth-order valence-corrected chi connectivity index (χ4v) is 5.02. The van der Waals surface area contributed by atoms with Crippen LogP contribution in [0.1, 0.15) is 52.7 Å². The van der Waals surface area contributed by atoms with Gasteiger partial charge in [0.25, 0.3) is 11.6 Å². The Labute approximate surface area is 169 Å². The van der Waals surface area contributed by atoms with Gasteiger partial charge in [-0.05, 0) is 42.4 Å². The molecule has 0 saturated carbocycles. The van der Waals surface area contributed by atoms with Crippen molar-refractivity contribution in [2.24, 2.45) is 5.92 Å². The standard InChI is InChI=1S/C23H23N3O3/c27-23(25-13-1-2-14-25)20-8-4-7-19-17-5-3-6-18(17)21(24-22(19)20)15-9-11-16(12-10-15)26(28)29/h3-5,7-12,17-18,21,24H,1-2,6,13-14H2/t17-,18+,21-/m0/s1. The van der Waals surface area contributed by atoms with E-state index in [1.54, 1.807) is 12.1 Å². The average molecular weight is 389 g/mol. The van der Waals surface area contributed by atoms with Gasteiger partial charge in [0, 0.05) is 31.1 Å². The number of hydrogen-bond acceptors (Lipinski definition) is 4. The molecular weight excluding hydrogens is 366 g/mol. The summed E-state index contributed by atoms with van der Waals surface area (Å²) < 4.78 is 0. The first-order chi connectivity index (χ1) is 14.1. The lowest BCUT2D eigenvalue weighted by molar-refractivity contribution is -0.384. The Kier molecular flexibility index (Phi) is 4.34. The van der Waals surface area contributed by atoms with E-state index in [1.807, 2.05) is 29.2 Å². The van der Waals surface area contributed by atoms with Crippen LogP contribution in [-0.4, -0.2) is 28.8 Å². The molecule has 1 saturated heterocycles. The van der Waals surface area contributed by atoms with E-state index < -0.39 is 0 Å². The van der Waals surface area contributed by atoms with Crippen LogP contribution in [0.4, 0.5) is 11.4 Å². The van der Waals surface area contributed by atoms with Crippen LogP contribution in [0, 0.1) is 16.0 Å². The molecule has 6 heteroatoms. The second-order valence-electron chi connectivity index (χ2n) is 8.09. The van der Waals surface area contributed by atoms with Crippen LogP contribution in [-0.2, 0) is 0 Å². The summed E-state index contributed by atoms with van der Waals surface area (Å²) in [7, 11) is 0. The van der Waals surface area contributed by atoms with E-state index in [9.17, 15) is 14.9 Å². The summed E-state index contributed by atoms with van der Waals surface area (Å²) in [6.07, 6.45) is 7.52. The van der Waals surface area contributed by atoms with Crippen molar-refractivity contribution in [2.45, 2.75) is 31.2 Å². The first-order valence-corrected chi connectivity index (χ1v) is 10.2. The minimum Gasteiger partial charge on any atom is -0.377 e. The van der Waals surface area contributed by atoms with E-state index >= 15 is 0 Å². The van der Waals surface area contributed by atoms with Gasteiger partial charge in [0.15, 0.2) is 0 Å². The maximum Gasteiger partial charge on any atom is 0.269 e. The smallest absolute Gasteiger partial charge is 0.269 e. The lowest BCUT2D eigenvalue weighted by atomic mass is 9.76. The topological polar surface area (TPSA) is 75.5 Å². The van der Waals surface area contributed by atoms with Crippen molar-refractivity contribution in [3.8, 4) is 0 Å². The molecule has 0 unspecified atom stereocenters. The fraction of sp³-hybridized carbons (Fsp3) is 0.348. The summed E-state index contributed by atoms with van der Waals surface area (Å²) in [4.78, 5) is 25.7. The molecule has 0 bridgehead atoms. The van der Waals surface area contributed by atoms with Gasteiger partial charge in [0.2, 0.25) is 0 Å². The van der Waals surface area contributed by atoms with Crippen LogP contribution >= 0.6 is 0 Å². The Morgan fingerprint density at radius 2 is 1.86 bits per heavy atom. The highest BCUT2D eigenvalue weighted by Gasteiger charge is 2.39. The van der Waals surface area contributed by atoms with Gasteiger partial charge in [-0.15, -0.1) is 0 Å². The molecule has 0 radical (unpaired) electrons. The molecular formula is C23H23N3O3. The van der Waals surface area contributed by atoms with E-state index in [2.05, 4.69) is 23.5 Å². The van der Waals surface area contributed by atoms with Gasteiger partial charge < -0.3 is 10.2 Å². The first-order valence-electron chi connectivity index (χ1n) is 10.2. The number of fused-ring (bicyclic) bond motifs is 3. The molecule has 148 valence electrons. The van der Waals surface area contributed by atoms with Crippen molar-refractivity contribution in [1.29, 1.82) is 0 Å². The molecule has 2 heterocycles. The Hall–Kier alpha value is -3.15. The minimum absolute atomic E-state index is 0.0100. The van der Waals surface area contributed by atoms with Crippen LogP contribution in [0.2, 0.25) is 0 Å². The zero-order valence-corrected chi connectivity index (χ0v) is 16.1. The van der Waals surface area contributed by atoms with Gasteiger partial charge in [0.05, 0.1) is 22.2 Å². The molecule has 2 aromatic rings. The number of carbonyl (C=O) groups is 1. The molecule has 2 aliphatic heterocycles.